The number of carbonyl (C=O) groups excluding carboxylic acids is 1. The molecule has 4 rings (SSSR count). The predicted molar refractivity (Wildman–Crippen MR) is 124 cm³/mol. The largest absolute Gasteiger partial charge is 0.434 e. The van der Waals surface area contributed by atoms with Crippen molar-refractivity contribution in [3.8, 4) is 0 Å². The molecular formula is C24H25F3N6O. The number of pyridine rings is 1. The molecule has 3 N–H and O–H groups in total. The number of rotatable bonds is 5. The van der Waals surface area contributed by atoms with Crippen LogP contribution < -0.4 is 11.1 Å². The maximum absolute atomic E-state index is 13.4. The summed E-state index contributed by atoms with van der Waals surface area (Å²) in [6.07, 6.45) is -0.313. The fourth-order valence-corrected chi connectivity index (χ4v) is 3.59. The van der Waals surface area contributed by atoms with E-state index >= 15 is 0 Å². The molecule has 1 amide bonds. The SMILES string of the molecule is Cc1ccc(C2CN3N=C(c4cccnc4C(F)(F)F)C=CC3=N2)cc1NC(=O)C(C)(C)CN. The van der Waals surface area contributed by atoms with E-state index in [4.69, 9.17) is 5.73 Å². The van der Waals surface area contributed by atoms with E-state index in [1.807, 2.05) is 25.1 Å². The number of anilines is 1. The molecular weight excluding hydrogens is 445 g/mol. The van der Waals surface area contributed by atoms with E-state index in [0.717, 1.165) is 17.3 Å². The normalized spacial score (nSPS) is 17.9. The number of allylic oxidation sites excluding steroid dienone is 1. The number of hydrazone groups is 1. The van der Waals surface area contributed by atoms with Gasteiger partial charge in [0.25, 0.3) is 0 Å². The van der Waals surface area contributed by atoms with Gasteiger partial charge in [-0.1, -0.05) is 12.1 Å². The zero-order chi connectivity index (χ0) is 24.7. The van der Waals surface area contributed by atoms with Crippen molar-refractivity contribution in [3.63, 3.8) is 0 Å². The summed E-state index contributed by atoms with van der Waals surface area (Å²) in [6, 6.07) is 8.19. The van der Waals surface area contributed by atoms with Crippen LogP contribution in [0.5, 0.6) is 0 Å². The van der Waals surface area contributed by atoms with Crippen LogP contribution in [0.25, 0.3) is 0 Å². The van der Waals surface area contributed by atoms with Crippen molar-refractivity contribution in [3.05, 3.63) is 71.1 Å². The molecule has 0 saturated heterocycles. The fraction of sp³-hybridized carbons (Fsp3) is 0.333. The van der Waals surface area contributed by atoms with Gasteiger partial charge in [0, 0.05) is 24.0 Å². The predicted octanol–water partition coefficient (Wildman–Crippen LogP) is 4.06. The highest BCUT2D eigenvalue weighted by molar-refractivity contribution is 6.15. The molecule has 1 aromatic heterocycles. The Morgan fingerprint density at radius 3 is 2.71 bits per heavy atom. The highest BCUT2D eigenvalue weighted by Gasteiger charge is 2.37. The Balaban J connectivity index is 1.57. The van der Waals surface area contributed by atoms with Gasteiger partial charge in [0.1, 0.15) is 5.84 Å². The topological polar surface area (TPSA) is 96.0 Å². The molecule has 2 aliphatic heterocycles. The van der Waals surface area contributed by atoms with Crippen LogP contribution >= 0.6 is 0 Å². The van der Waals surface area contributed by atoms with Gasteiger partial charge in [0.15, 0.2) is 5.69 Å². The first-order valence-corrected chi connectivity index (χ1v) is 10.8. The maximum Gasteiger partial charge on any atom is 0.434 e. The number of nitrogens with one attached hydrogen (secondary N) is 1. The lowest BCUT2D eigenvalue weighted by Gasteiger charge is -2.22. The molecule has 1 unspecified atom stereocenters. The Bertz CT molecular complexity index is 1220. The van der Waals surface area contributed by atoms with E-state index in [1.54, 1.807) is 24.9 Å². The van der Waals surface area contributed by atoms with Crippen LogP contribution in [-0.2, 0) is 11.0 Å². The monoisotopic (exact) mass is 470 g/mol. The zero-order valence-electron chi connectivity index (χ0n) is 19.0. The summed E-state index contributed by atoms with van der Waals surface area (Å²) in [7, 11) is 0. The Morgan fingerprint density at radius 1 is 1.24 bits per heavy atom. The first-order chi connectivity index (χ1) is 16.0. The molecule has 0 radical (unpaired) electrons. The standard InChI is InChI=1S/C24H25F3N6O/c1-14-6-7-15(11-18(14)31-22(34)23(2,3)13-28)19-12-33-20(30-19)9-8-17(32-33)16-5-4-10-29-21(16)24(25,26)27/h4-11,19H,12-13,28H2,1-3H3,(H,31,34). The molecule has 3 heterocycles. The molecule has 2 aromatic rings. The van der Waals surface area contributed by atoms with Crippen LogP contribution in [0.4, 0.5) is 18.9 Å². The summed E-state index contributed by atoms with van der Waals surface area (Å²) in [5, 5.41) is 8.93. The summed E-state index contributed by atoms with van der Waals surface area (Å²) >= 11 is 0. The van der Waals surface area contributed by atoms with Crippen molar-refractivity contribution in [2.75, 3.05) is 18.4 Å². The summed E-state index contributed by atoms with van der Waals surface area (Å²) in [5.74, 6) is 0.376. The first-order valence-electron chi connectivity index (χ1n) is 10.8. The van der Waals surface area contributed by atoms with Gasteiger partial charge in [0.2, 0.25) is 5.91 Å². The number of fused-ring (bicyclic) bond motifs is 1. The minimum Gasteiger partial charge on any atom is -0.329 e. The van der Waals surface area contributed by atoms with E-state index in [2.05, 4.69) is 20.4 Å². The number of amidine groups is 1. The molecule has 1 aromatic carbocycles. The van der Waals surface area contributed by atoms with E-state index in [0.29, 0.717) is 18.1 Å². The highest BCUT2D eigenvalue weighted by atomic mass is 19.4. The van der Waals surface area contributed by atoms with Gasteiger partial charge in [-0.25, -0.2) is 5.01 Å². The molecule has 2 aliphatic rings. The third-order valence-electron chi connectivity index (χ3n) is 5.89. The molecule has 178 valence electrons. The summed E-state index contributed by atoms with van der Waals surface area (Å²) < 4.78 is 40.2. The minimum atomic E-state index is -4.59. The lowest BCUT2D eigenvalue weighted by atomic mass is 9.92. The van der Waals surface area contributed by atoms with Crippen LogP contribution in [0.2, 0.25) is 0 Å². The van der Waals surface area contributed by atoms with Crippen LogP contribution in [-0.4, -0.2) is 40.5 Å². The van der Waals surface area contributed by atoms with E-state index in [1.165, 1.54) is 18.2 Å². The second-order valence-electron chi connectivity index (χ2n) is 8.92. The van der Waals surface area contributed by atoms with Crippen LogP contribution in [0.1, 0.15) is 42.3 Å². The average molecular weight is 470 g/mol. The molecule has 7 nitrogen and oxygen atoms in total. The Morgan fingerprint density at radius 2 is 2.00 bits per heavy atom. The van der Waals surface area contributed by atoms with Crippen molar-refractivity contribution < 1.29 is 18.0 Å². The number of halogens is 3. The second kappa shape index (κ2) is 8.68. The number of benzene rings is 1. The number of amides is 1. The zero-order valence-corrected chi connectivity index (χ0v) is 19.0. The van der Waals surface area contributed by atoms with Gasteiger partial charge in [-0.3, -0.25) is 14.8 Å². The maximum atomic E-state index is 13.4. The van der Waals surface area contributed by atoms with Crippen LogP contribution in [0, 0.1) is 12.3 Å². The lowest BCUT2D eigenvalue weighted by molar-refractivity contribution is -0.141. The number of nitrogens with zero attached hydrogens (tertiary/aromatic N) is 4. The Hall–Kier alpha value is -3.53. The van der Waals surface area contributed by atoms with Crippen molar-refractivity contribution in [1.29, 1.82) is 0 Å². The molecule has 0 saturated carbocycles. The van der Waals surface area contributed by atoms with E-state index in [-0.39, 0.29) is 29.8 Å². The highest BCUT2D eigenvalue weighted by Crippen LogP contribution is 2.33. The minimum absolute atomic E-state index is 0.0865. The van der Waals surface area contributed by atoms with Crippen molar-refractivity contribution in [2.24, 2.45) is 21.2 Å². The number of alkyl halides is 3. The average Bonchev–Trinajstić information content (AvgIpc) is 3.23. The summed E-state index contributed by atoms with van der Waals surface area (Å²) in [6.45, 7) is 6.01. The number of hydrogen-bond acceptors (Lipinski definition) is 6. The molecule has 0 aliphatic carbocycles. The van der Waals surface area contributed by atoms with Crippen LogP contribution in [0.3, 0.4) is 0 Å². The number of hydrogen-bond donors (Lipinski definition) is 2. The number of aliphatic imine (C=N–C) groups is 1. The van der Waals surface area contributed by atoms with Gasteiger partial charge < -0.3 is 11.1 Å². The molecule has 34 heavy (non-hydrogen) atoms. The van der Waals surface area contributed by atoms with Gasteiger partial charge in [-0.05, 0) is 62.2 Å². The van der Waals surface area contributed by atoms with Crippen LogP contribution in [0.15, 0.2) is 58.8 Å². The molecule has 0 spiro atoms. The first kappa shape index (κ1) is 23.6. The second-order valence-corrected chi connectivity index (χ2v) is 8.92. The van der Waals surface area contributed by atoms with Gasteiger partial charge >= 0.3 is 6.18 Å². The van der Waals surface area contributed by atoms with Crippen molar-refractivity contribution in [2.45, 2.75) is 33.0 Å². The number of aryl methyl sites for hydroxylation is 1. The summed E-state index contributed by atoms with van der Waals surface area (Å²) in [4.78, 5) is 20.8. The van der Waals surface area contributed by atoms with E-state index in [9.17, 15) is 18.0 Å². The molecule has 0 bridgehead atoms. The van der Waals surface area contributed by atoms with Crippen molar-refractivity contribution >= 4 is 23.1 Å². The van der Waals surface area contributed by atoms with Crippen molar-refractivity contribution in [1.82, 2.24) is 9.99 Å². The third kappa shape index (κ3) is 4.58. The van der Waals surface area contributed by atoms with Gasteiger partial charge in [-0.15, -0.1) is 0 Å². The Labute approximate surface area is 195 Å². The number of nitrogens with two attached hydrogens (primary N) is 1. The molecule has 1 atom stereocenters. The quantitative estimate of drug-likeness (QED) is 0.689. The third-order valence-corrected chi connectivity index (χ3v) is 5.89. The van der Waals surface area contributed by atoms with E-state index < -0.39 is 17.3 Å². The number of aromatic nitrogens is 1. The van der Waals surface area contributed by atoms with Gasteiger partial charge in [0.05, 0.1) is 23.7 Å². The molecule has 0 fully saturated rings. The number of carbonyl (C=O) groups is 1. The Kier molecular flexibility index (Phi) is 6.03. The fourth-order valence-electron chi connectivity index (χ4n) is 3.59. The molecule has 10 heteroatoms. The lowest BCUT2D eigenvalue weighted by Crippen LogP contribution is -2.37. The van der Waals surface area contributed by atoms with Gasteiger partial charge in [-0.2, -0.15) is 18.3 Å². The summed E-state index contributed by atoms with van der Waals surface area (Å²) in [5.41, 5.74) is 6.52. The smallest absolute Gasteiger partial charge is 0.329 e.